The van der Waals surface area contributed by atoms with Crippen molar-refractivity contribution < 1.29 is 4.74 Å². The Morgan fingerprint density at radius 3 is 1.89 bits per heavy atom. The topological polar surface area (TPSA) is 33.3 Å². The molecule has 1 unspecified atom stereocenters. The average Bonchev–Trinajstić information content (AvgIpc) is 1.87. The number of nitrogens with one attached hydrogen (secondary N) is 2. The normalized spacial score (nSPS) is 36.5. The molecule has 0 aliphatic carbocycles. The van der Waals surface area contributed by atoms with Gasteiger partial charge in [0, 0.05) is 30.0 Å². The molecule has 18 heavy (non-hydrogen) atoms. The molecule has 2 aliphatic heterocycles. The summed E-state index contributed by atoms with van der Waals surface area (Å²) in [5.41, 5.74) is -0.0165. The summed E-state index contributed by atoms with van der Waals surface area (Å²) in [6, 6.07) is 0.512. The number of hydrogen-bond acceptors (Lipinski definition) is 3. The maximum atomic E-state index is 6.49. The summed E-state index contributed by atoms with van der Waals surface area (Å²) < 4.78 is 6.49. The van der Waals surface area contributed by atoms with Crippen molar-refractivity contribution in [3.63, 3.8) is 0 Å². The first kappa shape index (κ1) is 14.3. The van der Waals surface area contributed by atoms with Crippen molar-refractivity contribution >= 4 is 0 Å². The number of piperidine rings is 1. The van der Waals surface area contributed by atoms with Crippen molar-refractivity contribution in [2.24, 2.45) is 0 Å². The molecule has 2 N–H and O–H groups in total. The summed E-state index contributed by atoms with van der Waals surface area (Å²) in [5, 5.41) is 7.46. The van der Waals surface area contributed by atoms with Gasteiger partial charge in [0.25, 0.3) is 0 Å². The van der Waals surface area contributed by atoms with E-state index < -0.39 is 0 Å². The number of hydrogen-bond donors (Lipinski definition) is 2. The van der Waals surface area contributed by atoms with Crippen LogP contribution in [0.3, 0.4) is 0 Å². The molecular formula is C15H30N2O. The highest BCUT2D eigenvalue weighted by atomic mass is 16.5. The summed E-state index contributed by atoms with van der Waals surface area (Å²) in [4.78, 5) is 0. The summed E-state index contributed by atoms with van der Waals surface area (Å²) in [5.74, 6) is 0. The predicted octanol–water partition coefficient (Wildman–Crippen LogP) is 2.80. The van der Waals surface area contributed by atoms with E-state index in [9.17, 15) is 0 Å². The first-order valence-electron chi connectivity index (χ1n) is 7.20. The molecule has 0 bridgehead atoms. The molecule has 0 saturated carbocycles. The van der Waals surface area contributed by atoms with Gasteiger partial charge in [-0.3, -0.25) is 5.32 Å². The van der Waals surface area contributed by atoms with E-state index in [0.29, 0.717) is 6.04 Å². The molecule has 3 nitrogen and oxygen atoms in total. The Morgan fingerprint density at radius 2 is 1.44 bits per heavy atom. The Morgan fingerprint density at radius 1 is 0.944 bits per heavy atom. The molecule has 0 amide bonds. The molecule has 2 heterocycles. The SMILES string of the molecule is CC1CC(C)(C)OC2(CC(C)(C)NC(C)(C)C2)N1. The van der Waals surface area contributed by atoms with Crippen LogP contribution in [0.2, 0.25) is 0 Å². The van der Waals surface area contributed by atoms with E-state index in [-0.39, 0.29) is 22.4 Å². The molecule has 2 rings (SSSR count). The van der Waals surface area contributed by atoms with Crippen LogP contribution in [-0.4, -0.2) is 28.4 Å². The van der Waals surface area contributed by atoms with E-state index in [1.165, 1.54) is 0 Å². The van der Waals surface area contributed by atoms with E-state index in [2.05, 4.69) is 59.1 Å². The lowest BCUT2D eigenvalue weighted by Gasteiger charge is -2.58. The van der Waals surface area contributed by atoms with Crippen LogP contribution in [0.1, 0.15) is 67.7 Å². The molecule has 1 atom stereocenters. The molecule has 0 aromatic rings. The minimum absolute atomic E-state index is 0.0336. The number of rotatable bonds is 0. The zero-order valence-corrected chi connectivity index (χ0v) is 13.1. The lowest BCUT2D eigenvalue weighted by Crippen LogP contribution is -2.72. The van der Waals surface area contributed by atoms with Gasteiger partial charge in [-0.2, -0.15) is 0 Å². The highest BCUT2D eigenvalue weighted by Gasteiger charge is 2.52. The van der Waals surface area contributed by atoms with Gasteiger partial charge in [0.1, 0.15) is 5.72 Å². The van der Waals surface area contributed by atoms with Crippen LogP contribution in [0, 0.1) is 0 Å². The largest absolute Gasteiger partial charge is 0.355 e. The van der Waals surface area contributed by atoms with Gasteiger partial charge >= 0.3 is 0 Å². The van der Waals surface area contributed by atoms with Gasteiger partial charge in [0.05, 0.1) is 5.60 Å². The van der Waals surface area contributed by atoms with Crippen molar-refractivity contribution in [1.29, 1.82) is 0 Å². The lowest BCUT2D eigenvalue weighted by atomic mass is 9.75. The van der Waals surface area contributed by atoms with Crippen molar-refractivity contribution in [3.8, 4) is 0 Å². The fourth-order valence-corrected chi connectivity index (χ4v) is 4.51. The van der Waals surface area contributed by atoms with Gasteiger partial charge in [-0.25, -0.2) is 0 Å². The minimum atomic E-state index is -0.181. The summed E-state index contributed by atoms with van der Waals surface area (Å²) >= 11 is 0. The second kappa shape index (κ2) is 3.94. The lowest BCUT2D eigenvalue weighted by molar-refractivity contribution is -0.227. The highest BCUT2D eigenvalue weighted by Crippen LogP contribution is 2.42. The predicted molar refractivity (Wildman–Crippen MR) is 75.6 cm³/mol. The van der Waals surface area contributed by atoms with Gasteiger partial charge < -0.3 is 10.1 Å². The first-order valence-corrected chi connectivity index (χ1v) is 7.20. The van der Waals surface area contributed by atoms with E-state index >= 15 is 0 Å². The molecular weight excluding hydrogens is 224 g/mol. The fraction of sp³-hybridized carbons (Fsp3) is 1.00. The maximum absolute atomic E-state index is 6.49. The van der Waals surface area contributed by atoms with Gasteiger partial charge in [-0.05, 0) is 54.9 Å². The second-order valence-corrected chi connectivity index (χ2v) is 8.35. The molecule has 2 fully saturated rings. The van der Waals surface area contributed by atoms with E-state index in [1.54, 1.807) is 0 Å². The Labute approximate surface area is 112 Å². The molecule has 2 aliphatic rings. The van der Waals surface area contributed by atoms with Crippen LogP contribution in [0.25, 0.3) is 0 Å². The average molecular weight is 254 g/mol. The van der Waals surface area contributed by atoms with Crippen LogP contribution in [-0.2, 0) is 4.74 Å². The van der Waals surface area contributed by atoms with Crippen molar-refractivity contribution in [2.75, 3.05) is 0 Å². The smallest absolute Gasteiger partial charge is 0.123 e. The van der Waals surface area contributed by atoms with E-state index in [1.807, 2.05) is 0 Å². The molecule has 0 aromatic heterocycles. The Hall–Kier alpha value is -0.120. The van der Waals surface area contributed by atoms with E-state index in [0.717, 1.165) is 19.3 Å². The van der Waals surface area contributed by atoms with Crippen LogP contribution in [0.5, 0.6) is 0 Å². The molecule has 3 heteroatoms. The third kappa shape index (κ3) is 3.06. The van der Waals surface area contributed by atoms with Crippen LogP contribution < -0.4 is 10.6 Å². The summed E-state index contributed by atoms with van der Waals surface area (Å²) in [6.07, 6.45) is 3.09. The van der Waals surface area contributed by atoms with Crippen molar-refractivity contribution in [2.45, 2.75) is 96.2 Å². The molecule has 106 valence electrons. The zero-order valence-electron chi connectivity index (χ0n) is 13.1. The van der Waals surface area contributed by atoms with Crippen LogP contribution in [0.4, 0.5) is 0 Å². The molecule has 0 radical (unpaired) electrons. The van der Waals surface area contributed by atoms with Gasteiger partial charge in [0.15, 0.2) is 0 Å². The maximum Gasteiger partial charge on any atom is 0.123 e. The van der Waals surface area contributed by atoms with Gasteiger partial charge in [-0.1, -0.05) is 0 Å². The molecule has 0 aromatic carbocycles. The monoisotopic (exact) mass is 254 g/mol. The highest BCUT2D eigenvalue weighted by molar-refractivity contribution is 5.07. The fourth-order valence-electron chi connectivity index (χ4n) is 4.51. The van der Waals surface area contributed by atoms with Crippen molar-refractivity contribution in [3.05, 3.63) is 0 Å². The third-order valence-corrected chi connectivity index (χ3v) is 3.91. The van der Waals surface area contributed by atoms with Gasteiger partial charge in [0.2, 0.25) is 0 Å². The van der Waals surface area contributed by atoms with E-state index in [4.69, 9.17) is 4.74 Å². The second-order valence-electron chi connectivity index (χ2n) is 8.35. The Kier molecular flexibility index (Phi) is 3.13. The molecule has 1 spiro atoms. The molecule has 2 saturated heterocycles. The van der Waals surface area contributed by atoms with Crippen LogP contribution >= 0.6 is 0 Å². The van der Waals surface area contributed by atoms with Crippen LogP contribution in [0.15, 0.2) is 0 Å². The third-order valence-electron chi connectivity index (χ3n) is 3.91. The number of ether oxygens (including phenoxy) is 1. The van der Waals surface area contributed by atoms with Gasteiger partial charge in [-0.15, -0.1) is 0 Å². The Bertz CT molecular complexity index is 312. The standard InChI is InChI=1S/C15H30N2O/c1-11-8-14(6,7)18-15(16-11)9-12(2,3)17-13(4,5)10-15/h11,16-17H,8-10H2,1-7H3. The quantitative estimate of drug-likeness (QED) is 0.697. The Balaban J connectivity index is 2.29. The zero-order chi connectivity index (χ0) is 13.8. The van der Waals surface area contributed by atoms with Crippen molar-refractivity contribution in [1.82, 2.24) is 10.6 Å². The summed E-state index contributed by atoms with van der Waals surface area (Å²) in [6.45, 7) is 15.8. The first-order chi connectivity index (χ1) is 7.93. The minimum Gasteiger partial charge on any atom is -0.355 e. The summed E-state index contributed by atoms with van der Waals surface area (Å²) in [7, 11) is 0.